The molecule has 0 saturated carbocycles. The van der Waals surface area contributed by atoms with Crippen LogP contribution in [-0.4, -0.2) is 25.1 Å². The van der Waals surface area contributed by atoms with Crippen LogP contribution in [0.4, 0.5) is 0 Å². The first-order valence-corrected chi connectivity index (χ1v) is 5.99. The summed E-state index contributed by atoms with van der Waals surface area (Å²) in [6, 6.07) is 1.93. The zero-order chi connectivity index (χ0) is 13.2. The van der Waals surface area contributed by atoms with Crippen molar-refractivity contribution in [3.05, 3.63) is 30.5 Å². The third kappa shape index (κ3) is 3.13. The van der Waals surface area contributed by atoms with Crippen LogP contribution in [0.2, 0.25) is 0 Å². The van der Waals surface area contributed by atoms with Crippen molar-refractivity contribution in [1.29, 1.82) is 0 Å². The minimum atomic E-state index is 0.0810. The molecule has 0 aliphatic carbocycles. The lowest BCUT2D eigenvalue weighted by molar-refractivity contribution is 0.421. The van der Waals surface area contributed by atoms with E-state index in [2.05, 4.69) is 41.0 Å². The van der Waals surface area contributed by atoms with Crippen molar-refractivity contribution in [2.75, 3.05) is 0 Å². The van der Waals surface area contributed by atoms with E-state index in [9.17, 15) is 0 Å². The van der Waals surface area contributed by atoms with Gasteiger partial charge in [-0.2, -0.15) is 0 Å². The summed E-state index contributed by atoms with van der Waals surface area (Å²) < 4.78 is 1.91. The molecule has 0 amide bonds. The van der Waals surface area contributed by atoms with Crippen molar-refractivity contribution in [3.8, 4) is 11.5 Å². The smallest absolute Gasteiger partial charge is 0.178 e. The summed E-state index contributed by atoms with van der Waals surface area (Å²) >= 11 is 0. The fourth-order valence-corrected chi connectivity index (χ4v) is 1.55. The van der Waals surface area contributed by atoms with Gasteiger partial charge in [-0.15, -0.1) is 0 Å². The number of aryl methyl sites for hydroxylation is 1. The van der Waals surface area contributed by atoms with Gasteiger partial charge in [0.2, 0.25) is 0 Å². The van der Waals surface area contributed by atoms with Crippen LogP contribution in [-0.2, 0) is 13.6 Å². The third-order valence-electron chi connectivity index (χ3n) is 2.56. The molecule has 2 rings (SSSR count). The van der Waals surface area contributed by atoms with Crippen molar-refractivity contribution in [2.45, 2.75) is 32.9 Å². The number of hydrogen-bond acceptors (Lipinski definition) is 4. The molecule has 96 valence electrons. The predicted molar refractivity (Wildman–Crippen MR) is 70.8 cm³/mol. The van der Waals surface area contributed by atoms with E-state index in [4.69, 9.17) is 0 Å². The van der Waals surface area contributed by atoms with E-state index in [0.717, 1.165) is 17.9 Å². The summed E-state index contributed by atoms with van der Waals surface area (Å²) in [5.41, 5.74) is 1.99. The lowest BCUT2D eigenvalue weighted by Crippen LogP contribution is -2.35. The first-order valence-electron chi connectivity index (χ1n) is 5.99. The Morgan fingerprint density at radius 1 is 1.33 bits per heavy atom. The molecule has 0 atom stereocenters. The van der Waals surface area contributed by atoms with Crippen LogP contribution in [0.15, 0.2) is 24.8 Å². The number of hydrogen-bond donors (Lipinski definition) is 1. The van der Waals surface area contributed by atoms with Crippen LogP contribution in [0.25, 0.3) is 11.5 Å². The summed E-state index contributed by atoms with van der Waals surface area (Å²) in [4.78, 5) is 12.9. The molecule has 0 aliphatic rings. The first kappa shape index (κ1) is 12.7. The monoisotopic (exact) mass is 245 g/mol. The number of nitrogens with one attached hydrogen (secondary N) is 1. The van der Waals surface area contributed by atoms with Crippen molar-refractivity contribution in [2.24, 2.45) is 7.05 Å². The summed E-state index contributed by atoms with van der Waals surface area (Å²) in [5.74, 6) is 0.711. The fourth-order valence-electron chi connectivity index (χ4n) is 1.55. The molecule has 1 N–H and O–H groups in total. The second kappa shape index (κ2) is 4.86. The Hall–Kier alpha value is -1.75. The van der Waals surface area contributed by atoms with Crippen molar-refractivity contribution in [3.63, 3.8) is 0 Å². The zero-order valence-electron chi connectivity index (χ0n) is 11.3. The highest BCUT2D eigenvalue weighted by molar-refractivity contribution is 5.47. The molecule has 2 heterocycles. The lowest BCUT2D eigenvalue weighted by atomic mass is 10.1. The highest BCUT2D eigenvalue weighted by atomic mass is 15.1. The van der Waals surface area contributed by atoms with Gasteiger partial charge in [0.15, 0.2) is 5.82 Å². The number of imidazole rings is 1. The van der Waals surface area contributed by atoms with Crippen molar-refractivity contribution in [1.82, 2.24) is 24.8 Å². The van der Waals surface area contributed by atoms with Crippen molar-refractivity contribution >= 4 is 0 Å². The molecule has 2 aromatic heterocycles. The standard InChI is InChI=1S/C13H19N5/c1-13(2,3)16-7-10-5-6-15-12(17-10)11-8-14-9-18(11)4/h5-6,8-9,16H,7H2,1-4H3. The van der Waals surface area contributed by atoms with E-state index < -0.39 is 0 Å². The Bertz CT molecular complexity index is 524. The SMILES string of the molecule is Cn1cncc1-c1nccc(CNC(C)(C)C)n1. The molecule has 0 unspecified atom stereocenters. The molecule has 0 saturated heterocycles. The first-order chi connectivity index (χ1) is 8.46. The van der Waals surface area contributed by atoms with E-state index in [1.807, 2.05) is 17.7 Å². The lowest BCUT2D eigenvalue weighted by Gasteiger charge is -2.20. The second-order valence-electron chi connectivity index (χ2n) is 5.36. The van der Waals surface area contributed by atoms with E-state index >= 15 is 0 Å². The van der Waals surface area contributed by atoms with E-state index in [1.54, 1.807) is 18.7 Å². The van der Waals surface area contributed by atoms with Crippen LogP contribution in [0.5, 0.6) is 0 Å². The Kier molecular flexibility index (Phi) is 3.43. The van der Waals surface area contributed by atoms with Gasteiger partial charge in [0.1, 0.15) is 5.69 Å². The number of aromatic nitrogens is 4. The predicted octanol–water partition coefficient (Wildman–Crippen LogP) is 1.77. The Labute approximate surface area is 107 Å². The minimum Gasteiger partial charge on any atom is -0.331 e. The molecule has 5 heteroatoms. The zero-order valence-corrected chi connectivity index (χ0v) is 11.3. The Morgan fingerprint density at radius 3 is 2.72 bits per heavy atom. The topological polar surface area (TPSA) is 55.6 Å². The van der Waals surface area contributed by atoms with E-state index in [-0.39, 0.29) is 5.54 Å². The van der Waals surface area contributed by atoms with Gasteiger partial charge in [-0.05, 0) is 26.8 Å². The fraction of sp³-hybridized carbons (Fsp3) is 0.462. The van der Waals surface area contributed by atoms with Gasteiger partial charge in [-0.25, -0.2) is 15.0 Å². The van der Waals surface area contributed by atoms with Gasteiger partial charge in [-0.3, -0.25) is 0 Å². The largest absolute Gasteiger partial charge is 0.331 e. The quantitative estimate of drug-likeness (QED) is 0.895. The average molecular weight is 245 g/mol. The molecule has 5 nitrogen and oxygen atoms in total. The molecule has 0 fully saturated rings. The maximum Gasteiger partial charge on any atom is 0.178 e. The molecule has 0 aromatic carbocycles. The Balaban J connectivity index is 2.18. The van der Waals surface area contributed by atoms with Gasteiger partial charge in [0.05, 0.1) is 18.2 Å². The summed E-state index contributed by atoms with van der Waals surface area (Å²) in [7, 11) is 1.94. The molecule has 0 aliphatic heterocycles. The molecule has 0 spiro atoms. The van der Waals surface area contributed by atoms with Gasteiger partial charge < -0.3 is 9.88 Å². The van der Waals surface area contributed by atoms with Crippen LogP contribution < -0.4 is 5.32 Å². The van der Waals surface area contributed by atoms with Crippen LogP contribution in [0.3, 0.4) is 0 Å². The van der Waals surface area contributed by atoms with Crippen LogP contribution in [0.1, 0.15) is 26.5 Å². The average Bonchev–Trinajstić information content (AvgIpc) is 2.72. The molecule has 0 bridgehead atoms. The highest BCUT2D eigenvalue weighted by Crippen LogP contribution is 2.13. The normalized spacial score (nSPS) is 11.8. The second-order valence-corrected chi connectivity index (χ2v) is 5.36. The van der Waals surface area contributed by atoms with E-state index in [1.165, 1.54) is 0 Å². The van der Waals surface area contributed by atoms with Gasteiger partial charge in [0.25, 0.3) is 0 Å². The number of rotatable bonds is 3. The van der Waals surface area contributed by atoms with E-state index in [0.29, 0.717) is 5.82 Å². The molecule has 2 aromatic rings. The van der Waals surface area contributed by atoms with Crippen molar-refractivity contribution < 1.29 is 0 Å². The van der Waals surface area contributed by atoms with Gasteiger partial charge in [0, 0.05) is 25.3 Å². The maximum absolute atomic E-state index is 4.54. The highest BCUT2D eigenvalue weighted by Gasteiger charge is 2.10. The molecular weight excluding hydrogens is 226 g/mol. The molecule has 0 radical (unpaired) electrons. The molecular formula is C13H19N5. The minimum absolute atomic E-state index is 0.0810. The third-order valence-corrected chi connectivity index (χ3v) is 2.56. The molecule has 18 heavy (non-hydrogen) atoms. The van der Waals surface area contributed by atoms with Crippen LogP contribution in [0, 0.1) is 0 Å². The maximum atomic E-state index is 4.54. The summed E-state index contributed by atoms with van der Waals surface area (Å²) in [5, 5.41) is 3.41. The number of nitrogens with zero attached hydrogens (tertiary/aromatic N) is 4. The summed E-state index contributed by atoms with van der Waals surface area (Å²) in [6.45, 7) is 7.14. The Morgan fingerprint density at radius 2 is 2.11 bits per heavy atom. The summed E-state index contributed by atoms with van der Waals surface area (Å²) in [6.07, 6.45) is 5.31. The van der Waals surface area contributed by atoms with Gasteiger partial charge in [-0.1, -0.05) is 0 Å². The van der Waals surface area contributed by atoms with Crippen LogP contribution >= 0.6 is 0 Å². The van der Waals surface area contributed by atoms with Gasteiger partial charge >= 0.3 is 0 Å².